The third-order valence-corrected chi connectivity index (χ3v) is 2.42. The largest absolute Gasteiger partial charge is 0.368 e. The molecule has 0 aromatic carbocycles. The lowest BCUT2D eigenvalue weighted by molar-refractivity contribution is 0.425. The minimum absolute atomic E-state index is 0.542. The SMILES string of the molecule is CCc1c(Cl)ncnc1NCCN(C)C. The predicted molar refractivity (Wildman–Crippen MR) is 63.5 cm³/mol. The molecule has 1 rings (SSSR count). The summed E-state index contributed by atoms with van der Waals surface area (Å²) in [5.74, 6) is 0.847. The highest BCUT2D eigenvalue weighted by Gasteiger charge is 2.06. The summed E-state index contributed by atoms with van der Waals surface area (Å²) in [4.78, 5) is 10.3. The van der Waals surface area contributed by atoms with Crippen molar-refractivity contribution in [3.05, 3.63) is 17.0 Å². The second-order valence-electron chi connectivity index (χ2n) is 3.58. The molecule has 4 nitrogen and oxygen atoms in total. The molecule has 1 heterocycles. The van der Waals surface area contributed by atoms with Gasteiger partial charge in [0, 0.05) is 18.7 Å². The van der Waals surface area contributed by atoms with Crippen molar-refractivity contribution < 1.29 is 0 Å². The molecule has 1 aromatic heterocycles. The first-order valence-corrected chi connectivity index (χ1v) is 5.41. The molecule has 0 bridgehead atoms. The number of halogens is 1. The zero-order chi connectivity index (χ0) is 11.3. The highest BCUT2D eigenvalue weighted by molar-refractivity contribution is 6.30. The van der Waals surface area contributed by atoms with Gasteiger partial charge in [-0.1, -0.05) is 18.5 Å². The number of hydrogen-bond acceptors (Lipinski definition) is 4. The van der Waals surface area contributed by atoms with E-state index in [0.29, 0.717) is 5.15 Å². The number of nitrogens with one attached hydrogen (secondary N) is 1. The van der Waals surface area contributed by atoms with Crippen molar-refractivity contribution in [3.63, 3.8) is 0 Å². The van der Waals surface area contributed by atoms with Crippen molar-refractivity contribution in [2.45, 2.75) is 13.3 Å². The van der Waals surface area contributed by atoms with Crippen molar-refractivity contribution in [2.75, 3.05) is 32.5 Å². The zero-order valence-electron chi connectivity index (χ0n) is 9.42. The highest BCUT2D eigenvalue weighted by atomic mass is 35.5. The first kappa shape index (κ1) is 12.2. The van der Waals surface area contributed by atoms with Crippen LogP contribution < -0.4 is 5.32 Å². The third kappa shape index (κ3) is 3.64. The fourth-order valence-electron chi connectivity index (χ4n) is 1.25. The van der Waals surface area contributed by atoms with E-state index < -0.39 is 0 Å². The standard InChI is InChI=1S/C10H17ClN4/c1-4-8-9(11)13-7-14-10(8)12-5-6-15(2)3/h7H,4-6H2,1-3H3,(H,12,13,14). The second-order valence-corrected chi connectivity index (χ2v) is 3.93. The van der Waals surface area contributed by atoms with E-state index in [1.165, 1.54) is 6.33 Å². The lowest BCUT2D eigenvalue weighted by atomic mass is 10.2. The average Bonchev–Trinajstić information content (AvgIpc) is 2.17. The van der Waals surface area contributed by atoms with Gasteiger partial charge in [0.05, 0.1) is 0 Å². The molecule has 0 aliphatic heterocycles. The average molecular weight is 229 g/mol. The summed E-state index contributed by atoms with van der Waals surface area (Å²) < 4.78 is 0. The van der Waals surface area contributed by atoms with Crippen molar-refractivity contribution >= 4 is 17.4 Å². The van der Waals surface area contributed by atoms with Gasteiger partial charge in [0.1, 0.15) is 17.3 Å². The Kier molecular flexibility index (Phi) is 4.78. The van der Waals surface area contributed by atoms with E-state index in [-0.39, 0.29) is 0 Å². The molecule has 0 saturated heterocycles. The van der Waals surface area contributed by atoms with Gasteiger partial charge in [-0.15, -0.1) is 0 Å². The molecule has 0 spiro atoms. The number of rotatable bonds is 5. The first-order chi connectivity index (χ1) is 7.15. The number of nitrogens with zero attached hydrogens (tertiary/aromatic N) is 3. The Morgan fingerprint density at radius 1 is 1.40 bits per heavy atom. The van der Waals surface area contributed by atoms with Crippen LogP contribution in [0.4, 0.5) is 5.82 Å². The molecule has 0 aliphatic rings. The Morgan fingerprint density at radius 2 is 2.13 bits per heavy atom. The van der Waals surface area contributed by atoms with Crippen LogP contribution in [0.5, 0.6) is 0 Å². The van der Waals surface area contributed by atoms with E-state index in [9.17, 15) is 0 Å². The summed E-state index contributed by atoms with van der Waals surface area (Å²) in [5, 5.41) is 3.80. The van der Waals surface area contributed by atoms with Crippen LogP contribution in [0.1, 0.15) is 12.5 Å². The van der Waals surface area contributed by atoms with Crippen LogP contribution in [-0.2, 0) is 6.42 Å². The second kappa shape index (κ2) is 5.88. The van der Waals surface area contributed by atoms with Gasteiger partial charge in [0.15, 0.2) is 0 Å². The van der Waals surface area contributed by atoms with Gasteiger partial charge >= 0.3 is 0 Å². The van der Waals surface area contributed by atoms with E-state index in [4.69, 9.17) is 11.6 Å². The summed E-state index contributed by atoms with van der Waals surface area (Å²) in [6.07, 6.45) is 2.32. The van der Waals surface area contributed by atoms with Crippen LogP contribution in [0.2, 0.25) is 5.15 Å². The minimum atomic E-state index is 0.542. The van der Waals surface area contributed by atoms with Crippen molar-refractivity contribution in [1.82, 2.24) is 14.9 Å². The van der Waals surface area contributed by atoms with E-state index >= 15 is 0 Å². The van der Waals surface area contributed by atoms with Gasteiger partial charge in [-0.2, -0.15) is 0 Å². The number of anilines is 1. The van der Waals surface area contributed by atoms with Crippen LogP contribution in [-0.4, -0.2) is 42.1 Å². The molecule has 0 atom stereocenters. The zero-order valence-corrected chi connectivity index (χ0v) is 10.2. The summed E-state index contributed by atoms with van der Waals surface area (Å²) >= 11 is 5.97. The quantitative estimate of drug-likeness (QED) is 0.779. The van der Waals surface area contributed by atoms with Gasteiger partial charge in [0.25, 0.3) is 0 Å². The van der Waals surface area contributed by atoms with Crippen LogP contribution >= 0.6 is 11.6 Å². The Hall–Kier alpha value is -0.870. The van der Waals surface area contributed by atoms with E-state index in [1.807, 2.05) is 21.0 Å². The van der Waals surface area contributed by atoms with Gasteiger partial charge in [0.2, 0.25) is 0 Å². The van der Waals surface area contributed by atoms with Crippen LogP contribution in [0.25, 0.3) is 0 Å². The van der Waals surface area contributed by atoms with Gasteiger partial charge in [-0.05, 0) is 20.5 Å². The summed E-state index contributed by atoms with van der Waals surface area (Å²) in [6, 6.07) is 0. The van der Waals surface area contributed by atoms with E-state index in [0.717, 1.165) is 30.9 Å². The highest BCUT2D eigenvalue weighted by Crippen LogP contribution is 2.19. The monoisotopic (exact) mass is 228 g/mol. The van der Waals surface area contributed by atoms with Crippen molar-refractivity contribution in [2.24, 2.45) is 0 Å². The lowest BCUT2D eigenvalue weighted by Crippen LogP contribution is -2.21. The molecular formula is C10H17ClN4. The Bertz CT molecular complexity index is 314. The Balaban J connectivity index is 2.64. The maximum absolute atomic E-state index is 5.97. The van der Waals surface area contributed by atoms with Crippen LogP contribution in [0.3, 0.4) is 0 Å². The molecule has 84 valence electrons. The summed E-state index contributed by atoms with van der Waals surface area (Å²) in [6.45, 7) is 3.86. The molecule has 0 aliphatic carbocycles. The minimum Gasteiger partial charge on any atom is -0.368 e. The predicted octanol–water partition coefficient (Wildman–Crippen LogP) is 1.67. The molecule has 0 amide bonds. The molecule has 1 N–H and O–H groups in total. The molecule has 0 saturated carbocycles. The number of likely N-dealkylation sites (N-methyl/N-ethyl adjacent to an activating group) is 1. The van der Waals surface area contributed by atoms with Gasteiger partial charge in [-0.25, -0.2) is 9.97 Å². The third-order valence-electron chi connectivity index (χ3n) is 2.10. The molecule has 0 unspecified atom stereocenters. The lowest BCUT2D eigenvalue weighted by Gasteiger charge is -2.13. The van der Waals surface area contributed by atoms with Crippen LogP contribution in [0, 0.1) is 0 Å². The maximum Gasteiger partial charge on any atom is 0.137 e. The first-order valence-electron chi connectivity index (χ1n) is 5.03. The molecular weight excluding hydrogens is 212 g/mol. The van der Waals surface area contributed by atoms with Gasteiger partial charge < -0.3 is 10.2 Å². The van der Waals surface area contributed by atoms with E-state index in [1.54, 1.807) is 0 Å². The Labute approximate surface area is 95.7 Å². The number of aromatic nitrogens is 2. The molecule has 5 heteroatoms. The molecule has 15 heavy (non-hydrogen) atoms. The maximum atomic E-state index is 5.97. The Morgan fingerprint density at radius 3 is 2.73 bits per heavy atom. The number of hydrogen-bond donors (Lipinski definition) is 1. The van der Waals surface area contributed by atoms with Gasteiger partial charge in [-0.3, -0.25) is 0 Å². The smallest absolute Gasteiger partial charge is 0.137 e. The molecule has 0 radical (unpaired) electrons. The van der Waals surface area contributed by atoms with E-state index in [2.05, 4.69) is 20.2 Å². The molecule has 0 fully saturated rings. The fraction of sp³-hybridized carbons (Fsp3) is 0.600. The topological polar surface area (TPSA) is 41.1 Å². The normalized spacial score (nSPS) is 10.7. The summed E-state index contributed by atoms with van der Waals surface area (Å²) in [7, 11) is 4.07. The fourth-order valence-corrected chi connectivity index (χ4v) is 1.52. The summed E-state index contributed by atoms with van der Waals surface area (Å²) in [5.41, 5.74) is 0.984. The van der Waals surface area contributed by atoms with Crippen molar-refractivity contribution in [1.29, 1.82) is 0 Å². The van der Waals surface area contributed by atoms with Crippen LogP contribution in [0.15, 0.2) is 6.33 Å². The van der Waals surface area contributed by atoms with Crippen molar-refractivity contribution in [3.8, 4) is 0 Å². The molecule has 1 aromatic rings.